The minimum absolute atomic E-state index is 0.279. The standard InChI is InChI=1S/C10H9N3O2S/c1-8(6-11)16(14,15)13-10-4-2-3-9(5-10)7-12/h2-5,8,13H,1H3. The Labute approximate surface area is 94.0 Å². The lowest BCUT2D eigenvalue weighted by Gasteiger charge is -2.08. The second-order valence-electron chi connectivity index (χ2n) is 3.11. The Morgan fingerprint density at radius 2 is 2.06 bits per heavy atom. The van der Waals surface area contributed by atoms with Gasteiger partial charge in [0.05, 0.1) is 17.7 Å². The molecule has 0 spiro atoms. The number of rotatable bonds is 3. The van der Waals surface area contributed by atoms with Gasteiger partial charge in [0.15, 0.2) is 5.25 Å². The molecule has 0 saturated carbocycles. The number of anilines is 1. The highest BCUT2D eigenvalue weighted by atomic mass is 32.2. The smallest absolute Gasteiger partial charge is 0.248 e. The van der Waals surface area contributed by atoms with Gasteiger partial charge in [-0.05, 0) is 25.1 Å². The number of benzene rings is 1. The summed E-state index contributed by atoms with van der Waals surface area (Å²) in [6.45, 7) is 1.29. The van der Waals surface area contributed by atoms with Crippen LogP contribution in [0.3, 0.4) is 0 Å². The molecule has 0 radical (unpaired) electrons. The molecule has 16 heavy (non-hydrogen) atoms. The van der Waals surface area contributed by atoms with Gasteiger partial charge in [0.1, 0.15) is 0 Å². The van der Waals surface area contributed by atoms with Gasteiger partial charge in [-0.1, -0.05) is 6.07 Å². The molecule has 0 fully saturated rings. The molecule has 1 rings (SSSR count). The van der Waals surface area contributed by atoms with Crippen molar-refractivity contribution in [2.45, 2.75) is 12.2 Å². The van der Waals surface area contributed by atoms with Crippen LogP contribution in [0.2, 0.25) is 0 Å². The summed E-state index contributed by atoms with van der Waals surface area (Å²) in [5.41, 5.74) is 0.631. The van der Waals surface area contributed by atoms with E-state index in [-0.39, 0.29) is 5.69 Å². The molecule has 0 heterocycles. The van der Waals surface area contributed by atoms with Crippen LogP contribution in [0.5, 0.6) is 0 Å². The van der Waals surface area contributed by atoms with Crippen molar-refractivity contribution in [2.24, 2.45) is 0 Å². The fourth-order valence-corrected chi connectivity index (χ4v) is 1.75. The maximum atomic E-state index is 11.5. The first-order chi connectivity index (χ1) is 7.49. The van der Waals surface area contributed by atoms with Crippen LogP contribution in [0.15, 0.2) is 24.3 Å². The lowest BCUT2D eigenvalue weighted by atomic mass is 10.2. The predicted octanol–water partition coefficient (Wildman–Crippen LogP) is 1.21. The van der Waals surface area contributed by atoms with Gasteiger partial charge in [0.2, 0.25) is 10.0 Å². The molecule has 0 aromatic heterocycles. The number of nitrogens with zero attached hydrogens (tertiary/aromatic N) is 2. The van der Waals surface area contributed by atoms with Crippen molar-refractivity contribution in [1.82, 2.24) is 0 Å². The molecule has 0 amide bonds. The van der Waals surface area contributed by atoms with Crippen LogP contribution in [0.4, 0.5) is 5.69 Å². The van der Waals surface area contributed by atoms with E-state index in [9.17, 15) is 8.42 Å². The number of nitrogens with one attached hydrogen (secondary N) is 1. The van der Waals surface area contributed by atoms with E-state index in [1.165, 1.54) is 19.1 Å². The van der Waals surface area contributed by atoms with E-state index in [0.717, 1.165) is 0 Å². The van der Waals surface area contributed by atoms with E-state index in [4.69, 9.17) is 10.5 Å². The van der Waals surface area contributed by atoms with Crippen molar-refractivity contribution >= 4 is 15.7 Å². The van der Waals surface area contributed by atoms with E-state index in [1.807, 2.05) is 6.07 Å². The average molecular weight is 235 g/mol. The zero-order valence-corrected chi connectivity index (χ0v) is 9.32. The summed E-state index contributed by atoms with van der Waals surface area (Å²) < 4.78 is 25.3. The molecule has 0 saturated heterocycles. The van der Waals surface area contributed by atoms with E-state index in [2.05, 4.69) is 4.72 Å². The Morgan fingerprint density at radius 1 is 1.38 bits per heavy atom. The second-order valence-corrected chi connectivity index (χ2v) is 5.11. The third-order valence-electron chi connectivity index (χ3n) is 1.90. The summed E-state index contributed by atoms with van der Waals surface area (Å²) in [7, 11) is -3.71. The molecule has 0 aliphatic rings. The highest BCUT2D eigenvalue weighted by Crippen LogP contribution is 2.13. The average Bonchev–Trinajstić information content (AvgIpc) is 2.27. The molecule has 0 aliphatic carbocycles. The molecule has 6 heteroatoms. The van der Waals surface area contributed by atoms with Gasteiger partial charge < -0.3 is 0 Å². The van der Waals surface area contributed by atoms with Gasteiger partial charge in [0, 0.05) is 5.69 Å². The van der Waals surface area contributed by atoms with Crippen molar-refractivity contribution in [3.8, 4) is 12.1 Å². The second kappa shape index (κ2) is 4.65. The highest BCUT2D eigenvalue weighted by molar-refractivity contribution is 7.93. The summed E-state index contributed by atoms with van der Waals surface area (Å²) >= 11 is 0. The molecule has 1 aromatic carbocycles. The Bertz CT molecular complexity index is 566. The van der Waals surface area contributed by atoms with Crippen molar-refractivity contribution in [1.29, 1.82) is 10.5 Å². The Morgan fingerprint density at radius 3 is 2.62 bits per heavy atom. The third kappa shape index (κ3) is 2.72. The number of nitriles is 2. The topological polar surface area (TPSA) is 93.8 Å². The predicted molar refractivity (Wildman–Crippen MR) is 58.8 cm³/mol. The maximum absolute atomic E-state index is 11.5. The first kappa shape index (κ1) is 12.0. The van der Waals surface area contributed by atoms with Gasteiger partial charge >= 0.3 is 0 Å². The summed E-state index contributed by atoms with van der Waals surface area (Å²) in [6, 6.07) is 9.58. The van der Waals surface area contributed by atoms with Gasteiger partial charge in [-0.2, -0.15) is 10.5 Å². The fraction of sp³-hybridized carbons (Fsp3) is 0.200. The lowest BCUT2D eigenvalue weighted by molar-refractivity contribution is 0.597. The fourth-order valence-electron chi connectivity index (χ4n) is 0.974. The molecule has 5 nitrogen and oxygen atoms in total. The minimum atomic E-state index is -3.71. The summed E-state index contributed by atoms with van der Waals surface area (Å²) in [5.74, 6) is 0. The zero-order chi connectivity index (χ0) is 12.2. The SMILES string of the molecule is CC(C#N)S(=O)(=O)Nc1cccc(C#N)c1. The number of hydrogen-bond donors (Lipinski definition) is 1. The van der Waals surface area contributed by atoms with Crippen LogP contribution in [-0.4, -0.2) is 13.7 Å². The van der Waals surface area contributed by atoms with Crippen LogP contribution in [0, 0.1) is 22.7 Å². The van der Waals surface area contributed by atoms with Crippen LogP contribution in [-0.2, 0) is 10.0 Å². The van der Waals surface area contributed by atoms with Gasteiger partial charge in [-0.25, -0.2) is 8.42 Å². The van der Waals surface area contributed by atoms with E-state index < -0.39 is 15.3 Å². The van der Waals surface area contributed by atoms with Crippen LogP contribution < -0.4 is 4.72 Å². The lowest BCUT2D eigenvalue weighted by Crippen LogP contribution is -2.23. The van der Waals surface area contributed by atoms with Crippen molar-refractivity contribution < 1.29 is 8.42 Å². The summed E-state index contributed by atoms with van der Waals surface area (Å²) in [4.78, 5) is 0. The first-order valence-electron chi connectivity index (χ1n) is 4.41. The number of hydrogen-bond acceptors (Lipinski definition) is 4. The Hall–Kier alpha value is -2.05. The maximum Gasteiger partial charge on any atom is 0.248 e. The van der Waals surface area contributed by atoms with E-state index in [1.54, 1.807) is 18.2 Å². The largest absolute Gasteiger partial charge is 0.282 e. The quantitative estimate of drug-likeness (QED) is 0.852. The third-order valence-corrected chi connectivity index (χ3v) is 3.46. The van der Waals surface area contributed by atoms with Crippen molar-refractivity contribution in [2.75, 3.05) is 4.72 Å². The van der Waals surface area contributed by atoms with Crippen LogP contribution in [0.1, 0.15) is 12.5 Å². The zero-order valence-electron chi connectivity index (χ0n) is 8.51. The molecule has 1 atom stereocenters. The first-order valence-corrected chi connectivity index (χ1v) is 5.95. The molecular weight excluding hydrogens is 226 g/mol. The summed E-state index contributed by atoms with van der Waals surface area (Å²) in [5, 5.41) is 16.0. The van der Waals surface area contributed by atoms with E-state index >= 15 is 0 Å². The van der Waals surface area contributed by atoms with Crippen molar-refractivity contribution in [3.05, 3.63) is 29.8 Å². The molecule has 82 valence electrons. The monoisotopic (exact) mass is 235 g/mol. The van der Waals surface area contributed by atoms with E-state index in [0.29, 0.717) is 5.56 Å². The molecule has 1 N–H and O–H groups in total. The van der Waals surface area contributed by atoms with Gasteiger partial charge in [0.25, 0.3) is 0 Å². The molecule has 0 aliphatic heterocycles. The Kier molecular flexibility index (Phi) is 3.49. The molecule has 0 bridgehead atoms. The Balaban J connectivity index is 2.99. The molecule has 1 aromatic rings. The number of sulfonamides is 1. The molecule has 1 unspecified atom stereocenters. The minimum Gasteiger partial charge on any atom is -0.282 e. The van der Waals surface area contributed by atoms with Crippen LogP contribution in [0.25, 0.3) is 0 Å². The normalized spacial score (nSPS) is 12.2. The molecular formula is C10H9N3O2S. The van der Waals surface area contributed by atoms with Crippen LogP contribution >= 0.6 is 0 Å². The van der Waals surface area contributed by atoms with Gasteiger partial charge in [-0.3, -0.25) is 4.72 Å². The highest BCUT2D eigenvalue weighted by Gasteiger charge is 2.19. The summed E-state index contributed by atoms with van der Waals surface area (Å²) in [6.07, 6.45) is 0. The van der Waals surface area contributed by atoms with Crippen molar-refractivity contribution in [3.63, 3.8) is 0 Å². The van der Waals surface area contributed by atoms with Gasteiger partial charge in [-0.15, -0.1) is 0 Å².